The van der Waals surface area contributed by atoms with Crippen LogP contribution < -0.4 is 0 Å². The molecule has 24 heavy (non-hydrogen) atoms. The van der Waals surface area contributed by atoms with Crippen LogP contribution in [0.2, 0.25) is 0 Å². The van der Waals surface area contributed by atoms with Crippen LogP contribution in [0.15, 0.2) is 72.9 Å². The molecule has 2 nitrogen and oxygen atoms in total. The van der Waals surface area contributed by atoms with E-state index in [0.29, 0.717) is 6.42 Å². The average Bonchev–Trinajstić information content (AvgIpc) is 2.56. The third-order valence-electron chi connectivity index (χ3n) is 3.13. The summed E-state index contributed by atoms with van der Waals surface area (Å²) in [6.45, 7) is 2.15. The molecule has 0 saturated heterocycles. The Kier molecular flexibility index (Phi) is 17.3. The molecule has 0 spiro atoms. The lowest BCUT2D eigenvalue weighted by atomic mass is 10.2. The molecular formula is C22H32O2. The third-order valence-corrected chi connectivity index (χ3v) is 3.13. The van der Waals surface area contributed by atoms with Crippen LogP contribution in [-0.2, 0) is 4.79 Å². The van der Waals surface area contributed by atoms with Gasteiger partial charge >= 0.3 is 5.97 Å². The quantitative estimate of drug-likeness (QED) is 0.223. The molecule has 0 bridgehead atoms. The highest BCUT2D eigenvalue weighted by atomic mass is 16.4. The van der Waals surface area contributed by atoms with Gasteiger partial charge in [-0.15, -0.1) is 0 Å². The molecule has 0 amide bonds. The van der Waals surface area contributed by atoms with Crippen LogP contribution in [-0.4, -0.2) is 11.1 Å². The lowest BCUT2D eigenvalue weighted by Crippen LogP contribution is -1.91. The number of allylic oxidation sites excluding steroid dienone is 12. The molecule has 0 radical (unpaired) electrons. The van der Waals surface area contributed by atoms with Crippen molar-refractivity contribution in [3.05, 3.63) is 72.9 Å². The van der Waals surface area contributed by atoms with E-state index in [2.05, 4.69) is 67.7 Å². The molecule has 0 atom stereocenters. The molecule has 0 aliphatic heterocycles. The average molecular weight is 328 g/mol. The maximum absolute atomic E-state index is 10.3. The molecule has 0 aromatic carbocycles. The van der Waals surface area contributed by atoms with Gasteiger partial charge in [0.05, 0.1) is 0 Å². The Balaban J connectivity index is 3.52. The first-order valence-corrected chi connectivity index (χ1v) is 8.90. The van der Waals surface area contributed by atoms with Crippen molar-refractivity contribution >= 4 is 5.97 Å². The number of rotatable bonds is 14. The van der Waals surface area contributed by atoms with Crippen LogP contribution in [0.25, 0.3) is 0 Å². The summed E-state index contributed by atoms with van der Waals surface area (Å²) in [6, 6.07) is 0. The molecular weight excluding hydrogens is 296 g/mol. The van der Waals surface area contributed by atoms with Crippen molar-refractivity contribution < 1.29 is 9.90 Å². The summed E-state index contributed by atoms with van der Waals surface area (Å²) in [5.41, 5.74) is 0. The summed E-state index contributed by atoms with van der Waals surface area (Å²) < 4.78 is 0. The van der Waals surface area contributed by atoms with E-state index in [1.807, 2.05) is 12.2 Å². The van der Waals surface area contributed by atoms with Gasteiger partial charge in [0.1, 0.15) is 0 Å². The first-order valence-electron chi connectivity index (χ1n) is 8.90. The molecule has 0 unspecified atom stereocenters. The molecule has 1 N–H and O–H groups in total. The number of carboxylic acids is 1. The number of carbonyl (C=O) groups is 1. The van der Waals surface area contributed by atoms with Crippen molar-refractivity contribution in [2.24, 2.45) is 0 Å². The lowest BCUT2D eigenvalue weighted by Gasteiger charge is -1.87. The van der Waals surface area contributed by atoms with Gasteiger partial charge < -0.3 is 5.11 Å². The van der Waals surface area contributed by atoms with Crippen LogP contribution in [0.3, 0.4) is 0 Å². The predicted molar refractivity (Wildman–Crippen MR) is 105 cm³/mol. The van der Waals surface area contributed by atoms with Gasteiger partial charge in [0.15, 0.2) is 0 Å². The fourth-order valence-corrected chi connectivity index (χ4v) is 1.85. The van der Waals surface area contributed by atoms with Gasteiger partial charge in [0.25, 0.3) is 0 Å². The highest BCUT2D eigenvalue weighted by Gasteiger charge is 1.90. The number of hydrogen-bond donors (Lipinski definition) is 1. The zero-order valence-electron chi connectivity index (χ0n) is 14.9. The van der Waals surface area contributed by atoms with Crippen molar-refractivity contribution in [3.63, 3.8) is 0 Å². The fraction of sp³-hybridized carbons (Fsp3) is 0.409. The van der Waals surface area contributed by atoms with E-state index in [0.717, 1.165) is 38.5 Å². The number of unbranched alkanes of at least 4 members (excludes halogenated alkanes) is 1. The Morgan fingerprint density at radius 3 is 1.83 bits per heavy atom. The summed E-state index contributed by atoms with van der Waals surface area (Å²) >= 11 is 0. The smallest absolute Gasteiger partial charge is 0.303 e. The molecule has 0 saturated carbocycles. The zero-order valence-corrected chi connectivity index (χ0v) is 14.9. The van der Waals surface area contributed by atoms with Crippen LogP contribution in [0, 0.1) is 0 Å². The molecule has 132 valence electrons. The predicted octanol–water partition coefficient (Wildman–Crippen LogP) is 6.55. The molecule has 0 fully saturated rings. The normalized spacial score (nSPS) is 13.0. The van der Waals surface area contributed by atoms with Crippen molar-refractivity contribution in [2.45, 2.75) is 58.3 Å². The Bertz CT molecular complexity index is 462. The maximum Gasteiger partial charge on any atom is 0.303 e. The van der Waals surface area contributed by atoms with Crippen molar-refractivity contribution in [1.82, 2.24) is 0 Å². The molecule has 0 aliphatic rings. The van der Waals surface area contributed by atoms with Gasteiger partial charge in [-0.25, -0.2) is 0 Å². The van der Waals surface area contributed by atoms with Crippen LogP contribution in [0.1, 0.15) is 58.3 Å². The lowest BCUT2D eigenvalue weighted by molar-refractivity contribution is -0.136. The van der Waals surface area contributed by atoms with Crippen LogP contribution >= 0.6 is 0 Å². The van der Waals surface area contributed by atoms with E-state index in [-0.39, 0.29) is 6.42 Å². The second-order valence-corrected chi connectivity index (χ2v) is 5.37. The minimum atomic E-state index is -0.742. The fourth-order valence-electron chi connectivity index (χ4n) is 1.85. The van der Waals surface area contributed by atoms with E-state index in [4.69, 9.17) is 5.11 Å². The summed E-state index contributed by atoms with van der Waals surface area (Å²) in [7, 11) is 0. The van der Waals surface area contributed by atoms with Crippen molar-refractivity contribution in [3.8, 4) is 0 Å². The minimum absolute atomic E-state index is 0.209. The van der Waals surface area contributed by atoms with Gasteiger partial charge in [-0.1, -0.05) is 79.8 Å². The molecule has 0 rings (SSSR count). The number of hydrogen-bond acceptors (Lipinski definition) is 1. The van der Waals surface area contributed by atoms with E-state index < -0.39 is 5.97 Å². The van der Waals surface area contributed by atoms with Gasteiger partial charge in [-0.3, -0.25) is 4.79 Å². The van der Waals surface area contributed by atoms with E-state index in [1.165, 1.54) is 0 Å². The Morgan fingerprint density at radius 2 is 1.17 bits per heavy atom. The number of carboxylic acid groups (broad SMARTS) is 1. The number of aliphatic carboxylic acids is 1. The first kappa shape index (κ1) is 21.9. The standard InChI is InChI=1S/C22H32O2/c1-2-3-4-5-6-7-8-9-10-11-12-13-14-15-16-17-18-19-20-21-22(23)24/h3-4,6-7,10-13,15-16,18-19H,2,5,8-9,14,17,20-21H2,1H3,(H,23,24). The summed E-state index contributed by atoms with van der Waals surface area (Å²) in [4.78, 5) is 10.3. The van der Waals surface area contributed by atoms with Crippen LogP contribution in [0.4, 0.5) is 0 Å². The van der Waals surface area contributed by atoms with E-state index >= 15 is 0 Å². The highest BCUT2D eigenvalue weighted by molar-refractivity contribution is 5.66. The molecule has 2 heteroatoms. The molecule has 0 aromatic heterocycles. The topological polar surface area (TPSA) is 37.3 Å². The van der Waals surface area contributed by atoms with E-state index in [9.17, 15) is 4.79 Å². The van der Waals surface area contributed by atoms with Crippen molar-refractivity contribution in [2.75, 3.05) is 0 Å². The summed E-state index contributed by atoms with van der Waals surface area (Å²) in [6.07, 6.45) is 32.5. The molecule has 0 heterocycles. The largest absolute Gasteiger partial charge is 0.481 e. The van der Waals surface area contributed by atoms with Crippen molar-refractivity contribution in [1.29, 1.82) is 0 Å². The highest BCUT2D eigenvalue weighted by Crippen LogP contribution is 1.97. The van der Waals surface area contributed by atoms with Gasteiger partial charge in [0, 0.05) is 6.42 Å². The second-order valence-electron chi connectivity index (χ2n) is 5.37. The maximum atomic E-state index is 10.3. The van der Waals surface area contributed by atoms with Gasteiger partial charge in [0.2, 0.25) is 0 Å². The van der Waals surface area contributed by atoms with Crippen LogP contribution in [0.5, 0.6) is 0 Å². The Hall–Kier alpha value is -2.09. The van der Waals surface area contributed by atoms with E-state index in [1.54, 1.807) is 0 Å². The Labute approximate surface area is 147 Å². The summed E-state index contributed by atoms with van der Waals surface area (Å²) in [5, 5.41) is 8.49. The zero-order chi connectivity index (χ0) is 17.7. The Morgan fingerprint density at radius 1 is 0.667 bits per heavy atom. The first-order chi connectivity index (χ1) is 11.8. The van der Waals surface area contributed by atoms with Gasteiger partial charge in [-0.05, 0) is 44.9 Å². The molecule has 0 aromatic rings. The molecule has 0 aliphatic carbocycles. The minimum Gasteiger partial charge on any atom is -0.481 e. The monoisotopic (exact) mass is 328 g/mol. The SMILES string of the molecule is CCC=CCC=CCCC=CC=CCC=CCC=CCCC(=O)O. The second kappa shape index (κ2) is 19.0. The van der Waals surface area contributed by atoms with Gasteiger partial charge in [-0.2, -0.15) is 0 Å². The summed E-state index contributed by atoms with van der Waals surface area (Å²) in [5.74, 6) is -0.742. The third kappa shape index (κ3) is 19.9.